The summed E-state index contributed by atoms with van der Waals surface area (Å²) in [7, 11) is 0. The fourth-order valence-electron chi connectivity index (χ4n) is 8.28. The second-order valence-corrected chi connectivity index (χ2v) is 17.4. The first-order chi connectivity index (χ1) is 33.4. The molecule has 0 radical (unpaired) electrons. The number of hydrogen-bond acceptors (Lipinski definition) is 19. The van der Waals surface area contributed by atoms with Gasteiger partial charge in [-0.3, -0.25) is 24.0 Å². The minimum atomic E-state index is -0.886. The predicted molar refractivity (Wildman–Crippen MR) is 250 cm³/mol. The van der Waals surface area contributed by atoms with Crippen LogP contribution in [-0.2, 0) is 14.3 Å². The average Bonchev–Trinajstić information content (AvgIpc) is 4.19. The number of carbonyl (C=O) groups excluding carboxylic acids is 5. The van der Waals surface area contributed by atoms with E-state index in [0.29, 0.717) is 114 Å². The summed E-state index contributed by atoms with van der Waals surface area (Å²) in [6.45, 7) is 6.88. The lowest BCUT2D eigenvalue weighted by Crippen LogP contribution is -2.50. The number of benzene rings is 2. The molecule has 9 rings (SSSR count). The van der Waals surface area contributed by atoms with Gasteiger partial charge in [-0.1, -0.05) is 0 Å². The normalized spacial score (nSPS) is 19.8. The molecule has 24 heteroatoms. The molecule has 1 saturated carbocycles. The number of anilines is 6. The molecule has 0 spiro atoms. The number of nitrogens with two attached hydrogens (primary N) is 3. The quantitative estimate of drug-likeness (QED) is 0.114. The first-order valence-corrected chi connectivity index (χ1v) is 22.9. The van der Waals surface area contributed by atoms with E-state index in [1.807, 2.05) is 9.80 Å². The van der Waals surface area contributed by atoms with Crippen molar-refractivity contribution in [3.8, 4) is 6.07 Å². The van der Waals surface area contributed by atoms with Gasteiger partial charge >= 0.3 is 0 Å². The summed E-state index contributed by atoms with van der Waals surface area (Å²) >= 11 is 0. The number of nitrogens with zero attached hydrogens (tertiary/aromatic N) is 11. The molecule has 4 aliphatic heterocycles. The Bertz CT molecular complexity index is 2560. The maximum Gasteiger partial charge on any atom is 0.273 e. The second kappa shape index (κ2) is 21.6. The molecule has 5 aliphatic rings. The van der Waals surface area contributed by atoms with E-state index in [2.05, 4.69) is 52.4 Å². The molecule has 362 valence electrons. The molecule has 69 heavy (non-hydrogen) atoms. The van der Waals surface area contributed by atoms with Crippen LogP contribution >= 0.6 is 0 Å². The molecular formula is C45H55N17O7. The van der Waals surface area contributed by atoms with Crippen LogP contribution in [-0.4, -0.2) is 161 Å². The maximum atomic E-state index is 12.7. The van der Waals surface area contributed by atoms with Gasteiger partial charge in [-0.25, -0.2) is 0 Å². The fraction of sp³-hybridized carbons (Fsp3) is 0.467. The van der Waals surface area contributed by atoms with Gasteiger partial charge < -0.3 is 62.2 Å². The lowest BCUT2D eigenvalue weighted by Gasteiger charge is -2.33. The molecule has 2 aromatic heterocycles. The van der Waals surface area contributed by atoms with Gasteiger partial charge in [0.05, 0.1) is 32.5 Å². The second-order valence-electron chi connectivity index (χ2n) is 17.4. The number of piperidine rings is 2. The number of amides is 5. The summed E-state index contributed by atoms with van der Waals surface area (Å²) in [6, 6.07) is 15.8. The van der Waals surface area contributed by atoms with Gasteiger partial charge in [0.1, 0.15) is 5.41 Å². The molecule has 5 amide bonds. The number of primary amides is 2. The lowest BCUT2D eigenvalue weighted by atomic mass is 10.0. The zero-order chi connectivity index (χ0) is 48.5. The Morgan fingerprint density at radius 2 is 1.09 bits per heavy atom. The minimum absolute atomic E-state index is 0.0416. The van der Waals surface area contributed by atoms with Crippen molar-refractivity contribution in [3.05, 3.63) is 71.0 Å². The standard InChI is InChI=1S/C25H29N9O4.C20H26N8O3/c26-15-25(7-8-25)23(37)29-18-2-1-9-34(14-18)24-30-21(19(20(27)35)31-32-24)28-17-5-3-16(4-6-17)22(36)33-10-12-38-13-11-33;21-14-2-1-7-28(12-14)20-24-18(16(17(22)29)25-26-20)23-15-5-3-13(4-6-15)19(30)27-8-10-31-11-9-27/h3-6,18H,1-2,7-14H2,(H2,27,35)(H,29,37)(H,28,30,32);3-6,14H,1-2,7-12,21H2,(H2,22,29)(H,23,24,26)/t18-;14-/m11/s1. The molecule has 4 aromatic rings. The van der Waals surface area contributed by atoms with Crippen LogP contribution < -0.4 is 43.0 Å². The van der Waals surface area contributed by atoms with Crippen LogP contribution in [0.15, 0.2) is 48.5 Å². The Balaban J connectivity index is 0.000000190. The number of carbonyl (C=O) groups is 5. The van der Waals surface area contributed by atoms with Crippen molar-refractivity contribution >= 4 is 64.4 Å². The van der Waals surface area contributed by atoms with E-state index >= 15 is 0 Å². The van der Waals surface area contributed by atoms with E-state index < -0.39 is 17.2 Å². The molecular weight excluding hydrogens is 891 g/mol. The van der Waals surface area contributed by atoms with Crippen LogP contribution in [0.5, 0.6) is 0 Å². The third-order valence-electron chi connectivity index (χ3n) is 12.4. The zero-order valence-electron chi connectivity index (χ0n) is 38.0. The van der Waals surface area contributed by atoms with Gasteiger partial charge in [0, 0.05) is 86.9 Å². The SMILES string of the molecule is N#CC1(C(=O)N[C@@H]2CCCN(c3nnc(C(N)=O)c(Nc4ccc(C(=O)N5CCOCC5)cc4)n3)C2)CC1.NC(=O)c1nnc(N2CCC[C@@H](N)C2)nc1Nc1ccc(C(=O)N2CCOCC2)cc1. The minimum Gasteiger partial charge on any atom is -0.378 e. The van der Waals surface area contributed by atoms with Crippen LogP contribution in [0.3, 0.4) is 0 Å². The van der Waals surface area contributed by atoms with E-state index in [9.17, 15) is 29.2 Å². The van der Waals surface area contributed by atoms with E-state index in [4.69, 9.17) is 26.7 Å². The van der Waals surface area contributed by atoms with Crippen LogP contribution in [0.4, 0.5) is 34.9 Å². The molecule has 9 N–H and O–H groups in total. The smallest absolute Gasteiger partial charge is 0.273 e. The van der Waals surface area contributed by atoms with Crippen molar-refractivity contribution in [2.45, 2.75) is 50.6 Å². The zero-order valence-corrected chi connectivity index (χ0v) is 38.0. The molecule has 24 nitrogen and oxygen atoms in total. The van der Waals surface area contributed by atoms with Crippen molar-refractivity contribution in [2.75, 3.05) is 99.2 Å². The van der Waals surface area contributed by atoms with Gasteiger partial charge in [-0.15, -0.1) is 20.4 Å². The number of hydrogen-bond donors (Lipinski definition) is 6. The molecule has 2 aromatic carbocycles. The van der Waals surface area contributed by atoms with Gasteiger partial charge in [0.2, 0.25) is 17.8 Å². The molecule has 0 unspecified atom stereocenters. The van der Waals surface area contributed by atoms with E-state index in [1.165, 1.54) is 0 Å². The summed E-state index contributed by atoms with van der Waals surface area (Å²) in [4.78, 5) is 78.0. The summed E-state index contributed by atoms with van der Waals surface area (Å²) in [5, 5.41) is 34.6. The van der Waals surface area contributed by atoms with E-state index in [-0.39, 0.29) is 58.8 Å². The monoisotopic (exact) mass is 945 g/mol. The van der Waals surface area contributed by atoms with Crippen LogP contribution in [0.2, 0.25) is 0 Å². The van der Waals surface area contributed by atoms with Crippen molar-refractivity contribution in [2.24, 2.45) is 22.6 Å². The molecule has 4 saturated heterocycles. The predicted octanol–water partition coefficient (Wildman–Crippen LogP) is 0.689. The highest BCUT2D eigenvalue weighted by molar-refractivity contribution is 5.98. The number of nitriles is 1. The van der Waals surface area contributed by atoms with Crippen molar-refractivity contribution in [1.29, 1.82) is 5.26 Å². The third-order valence-corrected chi connectivity index (χ3v) is 12.4. The summed E-state index contributed by atoms with van der Waals surface area (Å²) < 4.78 is 10.6. The Labute approximate surface area is 397 Å². The molecule has 2 atom stereocenters. The fourth-order valence-corrected chi connectivity index (χ4v) is 8.28. The molecule has 1 aliphatic carbocycles. The Kier molecular flexibility index (Phi) is 15.0. The number of aromatic nitrogens is 6. The number of morpholine rings is 2. The Morgan fingerprint density at radius 3 is 1.51 bits per heavy atom. The summed E-state index contributed by atoms with van der Waals surface area (Å²) in [6.07, 6.45) is 4.62. The average molecular weight is 946 g/mol. The highest BCUT2D eigenvalue weighted by atomic mass is 16.5. The highest BCUT2D eigenvalue weighted by Gasteiger charge is 2.51. The first-order valence-electron chi connectivity index (χ1n) is 22.9. The van der Waals surface area contributed by atoms with Crippen LogP contribution in [0.25, 0.3) is 0 Å². The Hall–Kier alpha value is -7.62. The largest absolute Gasteiger partial charge is 0.378 e. The topological polar surface area (TPSA) is 332 Å². The first kappa shape index (κ1) is 47.9. The maximum absolute atomic E-state index is 12.7. The molecule has 0 bridgehead atoms. The summed E-state index contributed by atoms with van der Waals surface area (Å²) in [5.74, 6) is -0.826. The molecule has 6 heterocycles. The number of nitrogens with one attached hydrogen (secondary N) is 3. The number of ether oxygens (including phenoxy) is 2. The van der Waals surface area contributed by atoms with Crippen LogP contribution in [0.1, 0.15) is 80.2 Å². The van der Waals surface area contributed by atoms with Gasteiger partial charge in [0.15, 0.2) is 23.0 Å². The molecule has 5 fully saturated rings. The van der Waals surface area contributed by atoms with Crippen molar-refractivity contribution in [3.63, 3.8) is 0 Å². The van der Waals surface area contributed by atoms with Crippen molar-refractivity contribution < 1.29 is 33.4 Å². The van der Waals surface area contributed by atoms with Crippen LogP contribution in [0, 0.1) is 16.7 Å². The van der Waals surface area contributed by atoms with Gasteiger partial charge in [-0.2, -0.15) is 15.2 Å². The van der Waals surface area contributed by atoms with Gasteiger partial charge in [-0.05, 0) is 87.1 Å². The third kappa shape index (κ3) is 11.7. The Morgan fingerprint density at radius 1 is 0.638 bits per heavy atom. The van der Waals surface area contributed by atoms with E-state index in [1.54, 1.807) is 58.3 Å². The van der Waals surface area contributed by atoms with Gasteiger partial charge in [0.25, 0.3) is 23.6 Å². The van der Waals surface area contributed by atoms with E-state index in [0.717, 1.165) is 32.2 Å². The summed E-state index contributed by atoms with van der Waals surface area (Å²) in [5.41, 5.74) is 18.3. The van der Waals surface area contributed by atoms with Crippen molar-refractivity contribution in [1.82, 2.24) is 45.5 Å². The highest BCUT2D eigenvalue weighted by Crippen LogP contribution is 2.45. The number of rotatable bonds is 12. The lowest BCUT2D eigenvalue weighted by molar-refractivity contribution is -0.125.